The molecule has 0 radical (unpaired) electrons. The van der Waals surface area contributed by atoms with E-state index in [1.165, 1.54) is 17.7 Å². The number of sulfonamides is 1. The fraction of sp³-hybridized carbons (Fsp3) is 0.200. The Morgan fingerprint density at radius 2 is 1.66 bits per heavy atom. The fourth-order valence-electron chi connectivity index (χ4n) is 5.11. The van der Waals surface area contributed by atoms with Gasteiger partial charge in [-0.25, -0.2) is 8.42 Å². The zero-order valence-electron chi connectivity index (χ0n) is 22.3. The lowest BCUT2D eigenvalue weighted by molar-refractivity contribution is 0.415. The summed E-state index contributed by atoms with van der Waals surface area (Å²) >= 11 is 6.27. The van der Waals surface area contributed by atoms with Crippen molar-refractivity contribution in [3.8, 4) is 34.8 Å². The number of nitrogens with one attached hydrogen (secondary N) is 1. The summed E-state index contributed by atoms with van der Waals surface area (Å²) in [5.41, 5.74) is 8.76. The van der Waals surface area contributed by atoms with Gasteiger partial charge in [-0.15, -0.1) is 0 Å². The summed E-state index contributed by atoms with van der Waals surface area (Å²) in [5.74, 6) is 0.624. The van der Waals surface area contributed by atoms with E-state index in [-0.39, 0.29) is 21.8 Å². The second-order valence-corrected chi connectivity index (χ2v) is 11.7. The molecule has 1 aromatic heterocycles. The molecule has 1 fully saturated rings. The Balaban J connectivity index is 1.72. The van der Waals surface area contributed by atoms with Gasteiger partial charge in [-0.2, -0.15) is 10.5 Å². The maximum absolute atomic E-state index is 13.9. The minimum atomic E-state index is -4.09. The predicted octanol–water partition coefficient (Wildman–Crippen LogP) is 5.92. The molecule has 5 rings (SSSR count). The number of aromatic nitrogens is 1. The SMILES string of the molecule is COc1ccc(NS(=O)(=O)c2cc(-n3c(N)c(C#N)c(C#N)c3-c3cccc(Cl)c3)ccc2N2CCCCC2)cc1. The van der Waals surface area contributed by atoms with Gasteiger partial charge in [0.2, 0.25) is 0 Å². The normalized spacial score (nSPS) is 13.3. The van der Waals surface area contributed by atoms with E-state index in [4.69, 9.17) is 22.1 Å². The number of nitriles is 2. The molecule has 9 nitrogen and oxygen atoms in total. The summed E-state index contributed by atoms with van der Waals surface area (Å²) in [7, 11) is -2.56. The van der Waals surface area contributed by atoms with Crippen molar-refractivity contribution in [3.63, 3.8) is 0 Å². The zero-order valence-corrected chi connectivity index (χ0v) is 23.8. The van der Waals surface area contributed by atoms with E-state index in [1.807, 2.05) is 6.07 Å². The molecular weight excluding hydrogens is 560 g/mol. The van der Waals surface area contributed by atoms with Gasteiger partial charge in [-0.05, 0) is 73.9 Å². The number of methoxy groups -OCH3 is 1. The summed E-state index contributed by atoms with van der Waals surface area (Å²) in [6.07, 6.45) is 2.98. The molecule has 0 amide bonds. The molecule has 0 aliphatic carbocycles. The summed E-state index contributed by atoms with van der Waals surface area (Å²) in [6.45, 7) is 1.45. The van der Waals surface area contributed by atoms with Crippen LogP contribution in [0.15, 0.2) is 71.6 Å². The molecule has 3 N–H and O–H groups in total. The van der Waals surface area contributed by atoms with Crippen molar-refractivity contribution < 1.29 is 13.2 Å². The van der Waals surface area contributed by atoms with Crippen LogP contribution in [0.2, 0.25) is 5.02 Å². The number of piperidine rings is 1. The highest BCUT2D eigenvalue weighted by Crippen LogP contribution is 2.39. The molecular formula is C30H27ClN6O3S. The average Bonchev–Trinajstić information content (AvgIpc) is 3.28. The maximum atomic E-state index is 13.9. The minimum absolute atomic E-state index is 0.00310. The lowest BCUT2D eigenvalue weighted by atomic mass is 10.1. The maximum Gasteiger partial charge on any atom is 0.264 e. The molecule has 3 aromatic carbocycles. The number of nitrogens with zero attached hydrogens (tertiary/aromatic N) is 4. The molecule has 208 valence electrons. The Morgan fingerprint density at radius 3 is 2.29 bits per heavy atom. The summed E-state index contributed by atoms with van der Waals surface area (Å²) in [5, 5.41) is 20.3. The Morgan fingerprint density at radius 1 is 0.951 bits per heavy atom. The van der Waals surface area contributed by atoms with Gasteiger partial charge in [0, 0.05) is 35.1 Å². The van der Waals surface area contributed by atoms with Gasteiger partial charge >= 0.3 is 0 Å². The van der Waals surface area contributed by atoms with E-state index in [9.17, 15) is 18.9 Å². The molecule has 0 unspecified atom stereocenters. The Kier molecular flexibility index (Phi) is 7.80. The minimum Gasteiger partial charge on any atom is -0.497 e. The third-order valence-electron chi connectivity index (χ3n) is 7.06. The highest BCUT2D eigenvalue weighted by Gasteiger charge is 2.28. The van der Waals surface area contributed by atoms with Crippen LogP contribution in [-0.2, 0) is 10.0 Å². The van der Waals surface area contributed by atoms with Crippen molar-refractivity contribution in [3.05, 3.63) is 82.9 Å². The molecule has 41 heavy (non-hydrogen) atoms. The number of hydrogen-bond acceptors (Lipinski definition) is 7. The van der Waals surface area contributed by atoms with Crippen molar-refractivity contribution in [1.82, 2.24) is 4.57 Å². The van der Waals surface area contributed by atoms with E-state index in [0.29, 0.717) is 39.1 Å². The highest BCUT2D eigenvalue weighted by molar-refractivity contribution is 7.92. The number of rotatable bonds is 7. The van der Waals surface area contributed by atoms with Crippen LogP contribution in [0.25, 0.3) is 16.9 Å². The quantitative estimate of drug-likeness (QED) is 0.274. The van der Waals surface area contributed by atoms with Crippen molar-refractivity contribution in [2.24, 2.45) is 0 Å². The van der Waals surface area contributed by atoms with Crippen LogP contribution in [0.3, 0.4) is 0 Å². The Hall–Kier alpha value is -4.64. The van der Waals surface area contributed by atoms with Crippen molar-refractivity contribution in [2.45, 2.75) is 24.2 Å². The first kappa shape index (κ1) is 27.9. The van der Waals surface area contributed by atoms with E-state index in [2.05, 4.69) is 15.7 Å². The molecule has 1 saturated heterocycles. The van der Waals surface area contributed by atoms with Crippen LogP contribution in [0.4, 0.5) is 17.2 Å². The van der Waals surface area contributed by atoms with Gasteiger partial charge in [0.15, 0.2) is 0 Å². The molecule has 0 spiro atoms. The molecule has 0 saturated carbocycles. The Labute approximate surface area is 244 Å². The first-order valence-corrected chi connectivity index (χ1v) is 14.8. The van der Waals surface area contributed by atoms with Gasteiger partial charge in [-0.1, -0.05) is 23.7 Å². The van der Waals surface area contributed by atoms with Crippen LogP contribution in [-0.4, -0.2) is 33.2 Å². The summed E-state index contributed by atoms with van der Waals surface area (Å²) < 4.78 is 37.3. The van der Waals surface area contributed by atoms with Crippen LogP contribution in [0.5, 0.6) is 5.75 Å². The van der Waals surface area contributed by atoms with Gasteiger partial charge in [0.05, 0.1) is 24.1 Å². The summed E-state index contributed by atoms with van der Waals surface area (Å²) in [6, 6.07) is 22.6. The lowest BCUT2D eigenvalue weighted by Gasteiger charge is -2.31. The zero-order chi connectivity index (χ0) is 29.1. The second-order valence-electron chi connectivity index (χ2n) is 9.59. The molecule has 11 heteroatoms. The van der Waals surface area contributed by atoms with Crippen molar-refractivity contribution in [1.29, 1.82) is 10.5 Å². The number of nitrogen functional groups attached to an aromatic ring is 1. The van der Waals surface area contributed by atoms with Crippen LogP contribution in [0.1, 0.15) is 30.4 Å². The predicted molar refractivity (Wildman–Crippen MR) is 160 cm³/mol. The first-order chi connectivity index (χ1) is 19.8. The molecule has 0 atom stereocenters. The third-order valence-corrected chi connectivity index (χ3v) is 8.70. The van der Waals surface area contributed by atoms with E-state index < -0.39 is 10.0 Å². The Bertz CT molecular complexity index is 1800. The van der Waals surface area contributed by atoms with Crippen LogP contribution in [0, 0.1) is 22.7 Å². The van der Waals surface area contributed by atoms with Gasteiger partial charge in [0.25, 0.3) is 10.0 Å². The monoisotopic (exact) mass is 586 g/mol. The molecule has 1 aliphatic heterocycles. The number of nitrogens with two attached hydrogens (primary N) is 1. The van der Waals surface area contributed by atoms with Crippen molar-refractivity contribution >= 4 is 38.8 Å². The number of benzene rings is 3. The average molecular weight is 587 g/mol. The van der Waals surface area contributed by atoms with Crippen LogP contribution >= 0.6 is 11.6 Å². The molecule has 1 aliphatic rings. The number of anilines is 3. The first-order valence-electron chi connectivity index (χ1n) is 12.9. The van der Waals surface area contributed by atoms with Crippen LogP contribution < -0.4 is 20.1 Å². The topological polar surface area (TPSA) is 137 Å². The van der Waals surface area contributed by atoms with E-state index in [0.717, 1.165) is 32.4 Å². The standard InChI is InChI=1S/C30H27ClN6O3S/c1-40-24-11-8-22(9-12-24)35-41(38,39)28-17-23(10-13-27(28)36-14-3-2-4-15-36)37-29(20-6-5-7-21(31)16-20)25(18-32)26(19-33)30(37)34/h5-13,16-17,35H,2-4,14-15,34H2,1H3. The smallest absolute Gasteiger partial charge is 0.264 e. The number of hydrogen-bond donors (Lipinski definition) is 2. The third kappa shape index (κ3) is 5.40. The van der Waals surface area contributed by atoms with Gasteiger partial charge in [-0.3, -0.25) is 9.29 Å². The largest absolute Gasteiger partial charge is 0.497 e. The van der Waals surface area contributed by atoms with E-state index in [1.54, 1.807) is 60.7 Å². The highest BCUT2D eigenvalue weighted by atomic mass is 35.5. The molecule has 2 heterocycles. The van der Waals surface area contributed by atoms with Crippen molar-refractivity contribution in [2.75, 3.05) is 35.6 Å². The van der Waals surface area contributed by atoms with E-state index >= 15 is 0 Å². The second kappa shape index (κ2) is 11.5. The fourth-order valence-corrected chi connectivity index (χ4v) is 6.61. The van der Waals surface area contributed by atoms with Gasteiger partial charge < -0.3 is 15.4 Å². The number of ether oxygens (including phenoxy) is 1. The number of halogens is 1. The summed E-state index contributed by atoms with van der Waals surface area (Å²) in [4.78, 5) is 2.11. The lowest BCUT2D eigenvalue weighted by Crippen LogP contribution is -2.31. The van der Waals surface area contributed by atoms with Gasteiger partial charge in [0.1, 0.15) is 34.2 Å². The molecule has 0 bridgehead atoms. The molecule has 4 aromatic rings.